The maximum Gasteiger partial charge on any atom is 0.206 e. The Kier molecular flexibility index (Phi) is 10.2. The molecule has 22 heavy (non-hydrogen) atoms. The number of unbranched alkanes of at least 4 members (excludes halogenated alkanes) is 5. The van der Waals surface area contributed by atoms with Crippen LogP contribution < -0.4 is 0 Å². The highest BCUT2D eigenvalue weighted by Crippen LogP contribution is 2.47. The van der Waals surface area contributed by atoms with Crippen LogP contribution in [-0.2, 0) is 9.09 Å². The van der Waals surface area contributed by atoms with Crippen LogP contribution in [0.2, 0.25) is 0 Å². The van der Waals surface area contributed by atoms with Gasteiger partial charge in [0, 0.05) is 12.3 Å². The lowest BCUT2D eigenvalue weighted by atomic mass is 10.1. The van der Waals surface area contributed by atoms with E-state index in [0.717, 1.165) is 12.0 Å². The zero-order chi connectivity index (χ0) is 16.1. The van der Waals surface area contributed by atoms with Crippen LogP contribution >= 0.6 is 7.37 Å². The average molecular weight is 322 g/mol. The third-order valence-electron chi connectivity index (χ3n) is 3.71. The summed E-state index contributed by atoms with van der Waals surface area (Å²) in [6.45, 7) is 4.68. The van der Waals surface area contributed by atoms with E-state index >= 15 is 0 Å². The molecule has 0 heterocycles. The summed E-state index contributed by atoms with van der Waals surface area (Å²) in [6.07, 6.45) is 12.6. The predicted octanol–water partition coefficient (Wildman–Crippen LogP) is 6.37. The molecule has 0 amide bonds. The summed E-state index contributed by atoms with van der Waals surface area (Å²) in [5.41, 5.74) is 1.14. The molecule has 0 radical (unpaired) electrons. The molecular weight excluding hydrogens is 291 g/mol. The number of allylic oxidation sites excluding steroid dienone is 1. The Labute approximate surface area is 136 Å². The second-order valence-corrected chi connectivity index (χ2v) is 8.42. The van der Waals surface area contributed by atoms with E-state index in [1.807, 2.05) is 37.3 Å². The Balaban J connectivity index is 2.38. The van der Waals surface area contributed by atoms with Gasteiger partial charge < -0.3 is 4.52 Å². The average Bonchev–Trinajstić information content (AvgIpc) is 2.52. The monoisotopic (exact) mass is 322 g/mol. The maximum atomic E-state index is 12.8. The number of benzene rings is 1. The molecule has 0 N–H and O–H groups in total. The molecule has 1 unspecified atom stereocenters. The molecule has 1 aromatic carbocycles. The van der Waals surface area contributed by atoms with Gasteiger partial charge in [0.25, 0.3) is 0 Å². The highest BCUT2D eigenvalue weighted by molar-refractivity contribution is 7.59. The van der Waals surface area contributed by atoms with E-state index in [9.17, 15) is 4.57 Å². The standard InChI is InChI=1S/C19H31O2P/c1-3-5-6-7-8-12-17-22(20,21-4-2)18-13-16-19-14-10-9-11-15-19/h9-11,13-16H,3-8,12,17-18H2,1-2H3/b16-13+. The summed E-state index contributed by atoms with van der Waals surface area (Å²) in [4.78, 5) is 0. The van der Waals surface area contributed by atoms with Gasteiger partial charge in [-0.2, -0.15) is 0 Å². The Morgan fingerprint density at radius 3 is 2.36 bits per heavy atom. The molecule has 1 atom stereocenters. The van der Waals surface area contributed by atoms with Crippen LogP contribution in [-0.4, -0.2) is 18.9 Å². The first-order chi connectivity index (χ1) is 10.7. The first kappa shape index (κ1) is 19.2. The Morgan fingerprint density at radius 2 is 1.68 bits per heavy atom. The van der Waals surface area contributed by atoms with Crippen molar-refractivity contribution in [2.45, 2.75) is 52.4 Å². The molecule has 0 fully saturated rings. The van der Waals surface area contributed by atoms with Gasteiger partial charge in [-0.3, -0.25) is 4.57 Å². The molecule has 0 spiro atoms. The molecular formula is C19H31O2P. The van der Waals surface area contributed by atoms with Crippen molar-refractivity contribution < 1.29 is 9.09 Å². The molecule has 3 heteroatoms. The van der Waals surface area contributed by atoms with Crippen molar-refractivity contribution in [3.8, 4) is 0 Å². The third-order valence-corrected chi connectivity index (χ3v) is 6.20. The number of hydrogen-bond donors (Lipinski definition) is 0. The van der Waals surface area contributed by atoms with Gasteiger partial charge in [-0.15, -0.1) is 0 Å². The predicted molar refractivity (Wildman–Crippen MR) is 97.8 cm³/mol. The molecule has 0 saturated heterocycles. The van der Waals surface area contributed by atoms with Gasteiger partial charge in [0.05, 0.1) is 6.61 Å². The van der Waals surface area contributed by atoms with Crippen molar-refractivity contribution in [1.82, 2.24) is 0 Å². The second kappa shape index (κ2) is 11.7. The Morgan fingerprint density at radius 1 is 1.00 bits per heavy atom. The lowest BCUT2D eigenvalue weighted by Gasteiger charge is -2.16. The molecule has 1 aromatic rings. The normalized spacial score (nSPS) is 14.3. The number of hydrogen-bond acceptors (Lipinski definition) is 2. The zero-order valence-corrected chi connectivity index (χ0v) is 15.1. The summed E-state index contributed by atoms with van der Waals surface area (Å²) in [6, 6.07) is 10.1. The summed E-state index contributed by atoms with van der Waals surface area (Å²) in [7, 11) is -2.50. The van der Waals surface area contributed by atoms with Crippen LogP contribution in [0.4, 0.5) is 0 Å². The van der Waals surface area contributed by atoms with Gasteiger partial charge in [-0.25, -0.2) is 0 Å². The van der Waals surface area contributed by atoms with Crippen LogP contribution in [0.5, 0.6) is 0 Å². The van der Waals surface area contributed by atoms with Crippen molar-refractivity contribution in [2.75, 3.05) is 18.9 Å². The SMILES string of the molecule is CCCCCCCCP(=O)(C/C=C/c1ccccc1)OCC. The van der Waals surface area contributed by atoms with Crippen LogP contribution in [0.25, 0.3) is 6.08 Å². The molecule has 0 bridgehead atoms. The van der Waals surface area contributed by atoms with Crippen molar-refractivity contribution in [3.63, 3.8) is 0 Å². The maximum absolute atomic E-state index is 12.8. The van der Waals surface area contributed by atoms with Gasteiger partial charge in [0.2, 0.25) is 7.37 Å². The summed E-state index contributed by atoms with van der Waals surface area (Å²) in [5.74, 6) is 0. The highest BCUT2D eigenvalue weighted by atomic mass is 31.2. The molecule has 0 saturated carbocycles. The fraction of sp³-hybridized carbons (Fsp3) is 0.579. The molecule has 0 aromatic heterocycles. The van der Waals surface area contributed by atoms with E-state index in [4.69, 9.17) is 4.52 Å². The van der Waals surface area contributed by atoms with E-state index in [1.165, 1.54) is 32.1 Å². The van der Waals surface area contributed by atoms with Crippen LogP contribution in [0.15, 0.2) is 36.4 Å². The van der Waals surface area contributed by atoms with Gasteiger partial charge in [0.1, 0.15) is 0 Å². The van der Waals surface area contributed by atoms with Crippen LogP contribution in [0.1, 0.15) is 57.9 Å². The lowest BCUT2D eigenvalue weighted by Crippen LogP contribution is -1.99. The highest BCUT2D eigenvalue weighted by Gasteiger charge is 2.20. The molecule has 1 rings (SSSR count). The molecule has 2 nitrogen and oxygen atoms in total. The topological polar surface area (TPSA) is 26.3 Å². The Hall–Kier alpha value is -0.850. The zero-order valence-electron chi connectivity index (χ0n) is 14.2. The summed E-state index contributed by atoms with van der Waals surface area (Å²) in [5, 5.41) is 0. The van der Waals surface area contributed by atoms with Gasteiger partial charge >= 0.3 is 0 Å². The van der Waals surface area contributed by atoms with E-state index in [0.29, 0.717) is 18.9 Å². The van der Waals surface area contributed by atoms with E-state index in [1.54, 1.807) is 0 Å². The largest absolute Gasteiger partial charge is 0.329 e. The van der Waals surface area contributed by atoms with E-state index < -0.39 is 7.37 Å². The minimum atomic E-state index is -2.50. The minimum absolute atomic E-state index is 0.534. The summed E-state index contributed by atoms with van der Waals surface area (Å²) < 4.78 is 18.4. The lowest BCUT2D eigenvalue weighted by molar-refractivity contribution is 0.334. The van der Waals surface area contributed by atoms with Crippen molar-refractivity contribution in [3.05, 3.63) is 42.0 Å². The third kappa shape index (κ3) is 8.56. The molecule has 0 aliphatic rings. The number of rotatable bonds is 12. The van der Waals surface area contributed by atoms with Crippen molar-refractivity contribution >= 4 is 13.4 Å². The van der Waals surface area contributed by atoms with Crippen molar-refractivity contribution in [1.29, 1.82) is 0 Å². The fourth-order valence-corrected chi connectivity index (χ4v) is 4.51. The summed E-state index contributed by atoms with van der Waals surface area (Å²) >= 11 is 0. The van der Waals surface area contributed by atoms with Crippen LogP contribution in [0.3, 0.4) is 0 Å². The second-order valence-electron chi connectivity index (χ2n) is 5.72. The fourth-order valence-electron chi connectivity index (χ4n) is 2.49. The minimum Gasteiger partial charge on any atom is -0.329 e. The first-order valence-electron chi connectivity index (χ1n) is 8.64. The quantitative estimate of drug-likeness (QED) is 0.330. The van der Waals surface area contributed by atoms with Gasteiger partial charge in [0.15, 0.2) is 0 Å². The molecule has 124 valence electrons. The molecule has 0 aliphatic carbocycles. The smallest absolute Gasteiger partial charge is 0.206 e. The van der Waals surface area contributed by atoms with E-state index in [-0.39, 0.29) is 0 Å². The van der Waals surface area contributed by atoms with Crippen LogP contribution in [0, 0.1) is 0 Å². The van der Waals surface area contributed by atoms with Gasteiger partial charge in [-0.1, -0.05) is 81.5 Å². The Bertz CT molecular complexity index is 454. The first-order valence-corrected chi connectivity index (χ1v) is 10.6. The van der Waals surface area contributed by atoms with Crippen molar-refractivity contribution in [2.24, 2.45) is 0 Å². The van der Waals surface area contributed by atoms with E-state index in [2.05, 4.69) is 19.1 Å². The van der Waals surface area contributed by atoms with Gasteiger partial charge in [-0.05, 0) is 18.9 Å². The molecule has 0 aliphatic heterocycles.